The SMILES string of the molecule is CC(=O)c1ccc(Sc2ncns2)nc1. The number of Topliss-reactive ketones (excluding diaryl/α,β-unsaturated/α-hetero) is 1. The third-order valence-electron chi connectivity index (χ3n) is 1.68. The van der Waals surface area contributed by atoms with Gasteiger partial charge in [0, 0.05) is 11.8 Å². The largest absolute Gasteiger partial charge is 0.294 e. The molecule has 0 saturated heterocycles. The molecule has 2 aromatic heterocycles. The Morgan fingerprint density at radius 2 is 2.27 bits per heavy atom. The van der Waals surface area contributed by atoms with Crippen LogP contribution in [-0.2, 0) is 0 Å². The van der Waals surface area contributed by atoms with E-state index in [4.69, 9.17) is 0 Å². The summed E-state index contributed by atoms with van der Waals surface area (Å²) in [4.78, 5) is 19.2. The Labute approximate surface area is 94.9 Å². The van der Waals surface area contributed by atoms with Crippen LogP contribution in [0.1, 0.15) is 17.3 Å². The van der Waals surface area contributed by atoms with E-state index in [1.165, 1.54) is 36.5 Å². The van der Waals surface area contributed by atoms with E-state index in [-0.39, 0.29) is 5.78 Å². The second-order valence-electron chi connectivity index (χ2n) is 2.75. The Morgan fingerprint density at radius 1 is 1.40 bits per heavy atom. The first-order valence-corrected chi connectivity index (χ1v) is 5.76. The smallest absolute Gasteiger partial charge is 0.175 e. The first-order valence-electron chi connectivity index (χ1n) is 4.17. The van der Waals surface area contributed by atoms with Crippen LogP contribution in [0.5, 0.6) is 0 Å². The summed E-state index contributed by atoms with van der Waals surface area (Å²) in [6.07, 6.45) is 3.09. The molecule has 0 bridgehead atoms. The molecule has 0 amide bonds. The minimum atomic E-state index is 0.0231. The molecule has 0 unspecified atom stereocenters. The summed E-state index contributed by atoms with van der Waals surface area (Å²) in [6.45, 7) is 1.52. The van der Waals surface area contributed by atoms with Crippen LogP contribution in [-0.4, -0.2) is 20.1 Å². The monoisotopic (exact) mass is 237 g/mol. The molecule has 2 rings (SSSR count). The molecule has 2 aromatic rings. The van der Waals surface area contributed by atoms with E-state index in [0.29, 0.717) is 5.56 Å². The maximum atomic E-state index is 11.0. The zero-order chi connectivity index (χ0) is 10.7. The summed E-state index contributed by atoms with van der Waals surface area (Å²) in [5.74, 6) is 0.0231. The molecule has 0 aliphatic heterocycles. The molecule has 4 nitrogen and oxygen atoms in total. The molecule has 0 radical (unpaired) electrons. The lowest BCUT2D eigenvalue weighted by molar-refractivity contribution is 0.101. The van der Waals surface area contributed by atoms with E-state index in [0.717, 1.165) is 9.37 Å². The van der Waals surface area contributed by atoms with E-state index in [9.17, 15) is 4.79 Å². The third-order valence-corrected chi connectivity index (χ3v) is 3.34. The minimum Gasteiger partial charge on any atom is -0.294 e. The first-order chi connectivity index (χ1) is 7.25. The molecule has 0 N–H and O–H groups in total. The van der Waals surface area contributed by atoms with Gasteiger partial charge < -0.3 is 0 Å². The van der Waals surface area contributed by atoms with Gasteiger partial charge in [-0.1, -0.05) is 0 Å². The zero-order valence-electron chi connectivity index (χ0n) is 7.88. The topological polar surface area (TPSA) is 55.7 Å². The van der Waals surface area contributed by atoms with Crippen LogP contribution >= 0.6 is 23.3 Å². The number of carbonyl (C=O) groups is 1. The van der Waals surface area contributed by atoms with Crippen LogP contribution in [0.25, 0.3) is 0 Å². The Morgan fingerprint density at radius 3 is 2.80 bits per heavy atom. The van der Waals surface area contributed by atoms with Crippen molar-refractivity contribution < 1.29 is 4.79 Å². The lowest BCUT2D eigenvalue weighted by atomic mass is 10.2. The minimum absolute atomic E-state index is 0.0231. The number of aromatic nitrogens is 3. The van der Waals surface area contributed by atoms with Crippen LogP contribution in [0, 0.1) is 0 Å². The van der Waals surface area contributed by atoms with E-state index < -0.39 is 0 Å². The Hall–Kier alpha value is -1.27. The fourth-order valence-electron chi connectivity index (χ4n) is 0.946. The average Bonchev–Trinajstić information content (AvgIpc) is 2.71. The van der Waals surface area contributed by atoms with E-state index in [1.807, 2.05) is 6.07 Å². The number of hydrogen-bond donors (Lipinski definition) is 0. The average molecular weight is 237 g/mol. The summed E-state index contributed by atoms with van der Waals surface area (Å²) < 4.78 is 4.74. The second-order valence-corrected chi connectivity index (χ2v) is 4.80. The molecule has 0 fully saturated rings. The fourth-order valence-corrected chi connectivity index (χ4v) is 2.28. The number of rotatable bonds is 3. The van der Waals surface area contributed by atoms with Crippen molar-refractivity contribution in [3.8, 4) is 0 Å². The van der Waals surface area contributed by atoms with Crippen molar-refractivity contribution in [3.63, 3.8) is 0 Å². The van der Waals surface area contributed by atoms with Crippen molar-refractivity contribution >= 4 is 29.1 Å². The zero-order valence-corrected chi connectivity index (χ0v) is 9.51. The second kappa shape index (κ2) is 4.50. The predicted octanol–water partition coefficient (Wildman–Crippen LogP) is 2.29. The lowest BCUT2D eigenvalue weighted by Gasteiger charge is -1.97. The van der Waals surface area contributed by atoms with Gasteiger partial charge in [-0.3, -0.25) is 4.79 Å². The highest BCUT2D eigenvalue weighted by atomic mass is 32.2. The molecule has 2 heterocycles. The van der Waals surface area contributed by atoms with Gasteiger partial charge in [0.1, 0.15) is 11.4 Å². The van der Waals surface area contributed by atoms with Crippen molar-refractivity contribution in [3.05, 3.63) is 30.2 Å². The Bertz CT molecular complexity index is 453. The summed E-state index contributed by atoms with van der Waals surface area (Å²) in [6, 6.07) is 3.57. The van der Waals surface area contributed by atoms with Crippen LogP contribution < -0.4 is 0 Å². The van der Waals surface area contributed by atoms with Crippen molar-refractivity contribution in [2.75, 3.05) is 0 Å². The standard InChI is InChI=1S/C9H7N3OS2/c1-6(13)7-2-3-8(10-4-7)14-9-11-5-12-15-9/h2-5H,1H3. The summed E-state index contributed by atoms with van der Waals surface area (Å²) >= 11 is 2.76. The molecule has 0 aromatic carbocycles. The number of hydrogen-bond acceptors (Lipinski definition) is 6. The van der Waals surface area contributed by atoms with Gasteiger partial charge in [0.25, 0.3) is 0 Å². The van der Waals surface area contributed by atoms with Crippen molar-refractivity contribution in [2.45, 2.75) is 16.3 Å². The predicted molar refractivity (Wildman–Crippen MR) is 58.3 cm³/mol. The van der Waals surface area contributed by atoms with Crippen molar-refractivity contribution in [1.82, 2.24) is 14.3 Å². The number of nitrogens with zero attached hydrogens (tertiary/aromatic N) is 3. The van der Waals surface area contributed by atoms with Crippen molar-refractivity contribution in [2.24, 2.45) is 0 Å². The number of ketones is 1. The van der Waals surface area contributed by atoms with Gasteiger partial charge in [0.2, 0.25) is 0 Å². The first kappa shape index (κ1) is 10.3. The van der Waals surface area contributed by atoms with Gasteiger partial charge in [-0.05, 0) is 42.4 Å². The number of carbonyl (C=O) groups excluding carboxylic acids is 1. The van der Waals surface area contributed by atoms with Gasteiger partial charge in [0.15, 0.2) is 10.1 Å². The van der Waals surface area contributed by atoms with Crippen LogP contribution in [0.4, 0.5) is 0 Å². The van der Waals surface area contributed by atoms with Gasteiger partial charge >= 0.3 is 0 Å². The van der Waals surface area contributed by atoms with Crippen LogP contribution in [0.15, 0.2) is 34.0 Å². The Kier molecular flexibility index (Phi) is 3.08. The van der Waals surface area contributed by atoms with E-state index in [1.54, 1.807) is 12.3 Å². The lowest BCUT2D eigenvalue weighted by Crippen LogP contribution is -1.92. The molecule has 0 aliphatic carbocycles. The quantitative estimate of drug-likeness (QED) is 0.766. The summed E-state index contributed by atoms with van der Waals surface area (Å²) in [5.41, 5.74) is 0.622. The molecular weight excluding hydrogens is 230 g/mol. The summed E-state index contributed by atoms with van der Waals surface area (Å²) in [7, 11) is 0. The van der Waals surface area contributed by atoms with E-state index in [2.05, 4.69) is 14.3 Å². The highest BCUT2D eigenvalue weighted by molar-refractivity contribution is 8.00. The highest BCUT2D eigenvalue weighted by Crippen LogP contribution is 2.26. The van der Waals surface area contributed by atoms with Gasteiger partial charge in [0.05, 0.1) is 0 Å². The Balaban J connectivity index is 2.14. The van der Waals surface area contributed by atoms with Crippen molar-refractivity contribution in [1.29, 1.82) is 0 Å². The normalized spacial score (nSPS) is 10.2. The maximum Gasteiger partial charge on any atom is 0.175 e. The fraction of sp³-hybridized carbons (Fsp3) is 0.111. The molecule has 0 saturated carbocycles. The molecule has 6 heteroatoms. The van der Waals surface area contributed by atoms with Gasteiger partial charge in [-0.25, -0.2) is 9.97 Å². The van der Waals surface area contributed by atoms with Crippen LogP contribution in [0.3, 0.4) is 0 Å². The molecular formula is C9H7N3OS2. The molecule has 0 spiro atoms. The number of pyridine rings is 1. The van der Waals surface area contributed by atoms with Gasteiger partial charge in [-0.15, -0.1) is 0 Å². The summed E-state index contributed by atoms with van der Waals surface area (Å²) in [5, 5.41) is 0.816. The third kappa shape index (κ3) is 2.60. The molecule has 0 aliphatic rings. The highest BCUT2D eigenvalue weighted by Gasteiger charge is 2.03. The van der Waals surface area contributed by atoms with E-state index >= 15 is 0 Å². The molecule has 15 heavy (non-hydrogen) atoms. The maximum absolute atomic E-state index is 11.0. The molecule has 76 valence electrons. The molecule has 0 atom stereocenters. The van der Waals surface area contributed by atoms with Crippen LogP contribution in [0.2, 0.25) is 0 Å². The van der Waals surface area contributed by atoms with Gasteiger partial charge in [-0.2, -0.15) is 4.37 Å².